The van der Waals surface area contributed by atoms with Gasteiger partial charge in [0.1, 0.15) is 11.4 Å². The molecule has 0 aliphatic rings. The van der Waals surface area contributed by atoms with Crippen LogP contribution < -0.4 is 10.1 Å². The van der Waals surface area contributed by atoms with Crippen molar-refractivity contribution >= 4 is 35.4 Å². The lowest BCUT2D eigenvalue weighted by Gasteiger charge is -2.11. The molecule has 1 aromatic carbocycles. The lowest BCUT2D eigenvalue weighted by atomic mass is 10.1. The molecule has 0 atom stereocenters. The summed E-state index contributed by atoms with van der Waals surface area (Å²) in [7, 11) is 0. The smallest absolute Gasteiger partial charge is 0.275 e. The van der Waals surface area contributed by atoms with Crippen molar-refractivity contribution in [3.05, 3.63) is 42.4 Å². The Morgan fingerprint density at radius 2 is 2.30 bits per heavy atom. The number of benzene rings is 1. The maximum Gasteiger partial charge on any atom is 0.275 e. The van der Waals surface area contributed by atoms with Gasteiger partial charge in [-0.25, -0.2) is 0 Å². The van der Waals surface area contributed by atoms with Crippen molar-refractivity contribution in [3.8, 4) is 5.75 Å². The highest BCUT2D eigenvalue weighted by Gasteiger charge is 2.12. The minimum atomic E-state index is -0.411. The molecule has 1 N–H and O–H groups in total. The highest BCUT2D eigenvalue weighted by Crippen LogP contribution is 2.28. The normalized spacial score (nSPS) is 11.7. The summed E-state index contributed by atoms with van der Waals surface area (Å²) < 4.78 is 5.53. The van der Waals surface area contributed by atoms with Crippen LogP contribution in [0.5, 0.6) is 5.75 Å². The van der Waals surface area contributed by atoms with Gasteiger partial charge in [0.05, 0.1) is 24.0 Å². The fourth-order valence-electron chi connectivity index (χ4n) is 2.01. The number of aromatic nitrogens is 1. The zero-order valence-electron chi connectivity index (χ0n) is 13.1. The molecular weight excluding hydrogens is 292 g/mol. The first-order chi connectivity index (χ1) is 11.2. The predicted octanol–water partition coefficient (Wildman–Crippen LogP) is 3.20. The van der Waals surface area contributed by atoms with Gasteiger partial charge in [-0.15, -0.1) is 0 Å². The molecular formula is C17H18N4O2. The van der Waals surface area contributed by atoms with E-state index in [1.165, 1.54) is 6.20 Å². The van der Waals surface area contributed by atoms with E-state index in [4.69, 9.17) is 4.74 Å². The molecule has 118 valence electrons. The highest BCUT2D eigenvalue weighted by atomic mass is 16.5. The van der Waals surface area contributed by atoms with Gasteiger partial charge >= 0.3 is 0 Å². The van der Waals surface area contributed by atoms with Gasteiger partial charge in [0.25, 0.3) is 5.91 Å². The number of amides is 1. The Morgan fingerprint density at radius 3 is 3.00 bits per heavy atom. The highest BCUT2D eigenvalue weighted by molar-refractivity contribution is 6.08. The van der Waals surface area contributed by atoms with Crippen LogP contribution in [0.2, 0.25) is 0 Å². The first-order valence-electron chi connectivity index (χ1n) is 7.17. The molecule has 0 aliphatic carbocycles. The monoisotopic (exact) mass is 310 g/mol. The Bertz CT molecular complexity index is 781. The van der Waals surface area contributed by atoms with Gasteiger partial charge in [0, 0.05) is 23.9 Å². The zero-order chi connectivity index (χ0) is 16.7. The molecule has 0 spiro atoms. The van der Waals surface area contributed by atoms with Crippen LogP contribution in [-0.2, 0) is 4.79 Å². The van der Waals surface area contributed by atoms with Gasteiger partial charge in [-0.1, -0.05) is 6.07 Å². The van der Waals surface area contributed by atoms with E-state index in [1.54, 1.807) is 25.4 Å². The molecule has 0 bridgehead atoms. The van der Waals surface area contributed by atoms with Gasteiger partial charge < -0.3 is 10.1 Å². The second-order valence-electron chi connectivity index (χ2n) is 4.51. The van der Waals surface area contributed by atoms with E-state index in [-0.39, 0.29) is 5.70 Å². The average Bonchev–Trinajstić information content (AvgIpc) is 2.56. The van der Waals surface area contributed by atoms with E-state index < -0.39 is 5.91 Å². The van der Waals surface area contributed by atoms with Gasteiger partial charge in [-0.05, 0) is 32.7 Å². The number of carbonyl (C=O) groups is 1. The first-order valence-corrected chi connectivity index (χ1v) is 7.17. The first kappa shape index (κ1) is 16.4. The zero-order valence-corrected chi connectivity index (χ0v) is 13.1. The summed E-state index contributed by atoms with van der Waals surface area (Å²) in [5.41, 5.74) is 1.34. The largest absolute Gasteiger partial charge is 0.494 e. The molecule has 6 nitrogen and oxygen atoms in total. The molecule has 0 fully saturated rings. The third-order valence-electron chi connectivity index (χ3n) is 2.99. The van der Waals surface area contributed by atoms with E-state index in [0.29, 0.717) is 23.6 Å². The van der Waals surface area contributed by atoms with E-state index >= 15 is 0 Å². The van der Waals surface area contributed by atoms with Gasteiger partial charge in [0.15, 0.2) is 0 Å². The van der Waals surface area contributed by atoms with Gasteiger partial charge in [0.2, 0.25) is 0 Å². The van der Waals surface area contributed by atoms with Crippen molar-refractivity contribution < 1.29 is 9.53 Å². The molecule has 1 amide bonds. The van der Waals surface area contributed by atoms with E-state index in [9.17, 15) is 4.79 Å². The quantitative estimate of drug-likeness (QED) is 0.657. The van der Waals surface area contributed by atoms with Crippen LogP contribution in [-0.4, -0.2) is 30.4 Å². The van der Waals surface area contributed by atoms with E-state index in [2.05, 4.69) is 27.0 Å². The van der Waals surface area contributed by atoms with Crippen molar-refractivity contribution in [2.45, 2.75) is 13.8 Å². The molecule has 0 aliphatic heterocycles. The summed E-state index contributed by atoms with van der Waals surface area (Å²) >= 11 is 0. The summed E-state index contributed by atoms with van der Waals surface area (Å²) in [6.07, 6.45) is 4.58. The van der Waals surface area contributed by atoms with Crippen molar-refractivity contribution in [1.82, 2.24) is 4.98 Å². The second kappa shape index (κ2) is 7.84. The van der Waals surface area contributed by atoms with Crippen LogP contribution in [0.15, 0.2) is 52.3 Å². The summed E-state index contributed by atoms with van der Waals surface area (Å²) in [4.78, 5) is 24.2. The van der Waals surface area contributed by atoms with Crippen LogP contribution in [0.3, 0.4) is 0 Å². The summed E-state index contributed by atoms with van der Waals surface area (Å²) in [5.74, 6) is 0.248. The van der Waals surface area contributed by atoms with Crippen LogP contribution in [0, 0.1) is 0 Å². The standard InChI is InChI=1S/C17H18N4O2/c1-4-19-11-15(18-3)17(22)21-14-10-13(23-5-2)9-12-7-6-8-20-16(12)14/h4,6-11H,3,5H2,1-2H3,(H,21,22)/b15-11-,19-4?. The maximum atomic E-state index is 12.3. The molecule has 23 heavy (non-hydrogen) atoms. The summed E-state index contributed by atoms with van der Waals surface area (Å²) in [6, 6.07) is 7.35. The number of fused-ring (bicyclic) bond motifs is 1. The number of ether oxygens (including phenoxy) is 1. The molecule has 0 saturated heterocycles. The summed E-state index contributed by atoms with van der Waals surface area (Å²) in [6.45, 7) is 7.57. The number of aliphatic imine (C=N–C) groups is 2. The van der Waals surface area contributed by atoms with E-state index in [1.807, 2.05) is 25.1 Å². The Kier molecular flexibility index (Phi) is 5.57. The molecule has 0 saturated carbocycles. The van der Waals surface area contributed by atoms with Crippen LogP contribution in [0.25, 0.3) is 10.9 Å². The molecule has 2 rings (SSSR count). The maximum absolute atomic E-state index is 12.3. The number of anilines is 1. The lowest BCUT2D eigenvalue weighted by molar-refractivity contribution is -0.112. The van der Waals surface area contributed by atoms with Gasteiger partial charge in [-0.2, -0.15) is 0 Å². The molecule has 0 radical (unpaired) electrons. The minimum Gasteiger partial charge on any atom is -0.494 e. The number of carbonyl (C=O) groups excluding carboxylic acids is 1. The Balaban J connectivity index is 2.41. The van der Waals surface area contributed by atoms with Gasteiger partial charge in [-0.3, -0.25) is 19.8 Å². The molecule has 6 heteroatoms. The fraction of sp³-hybridized carbons (Fsp3) is 0.176. The SMILES string of the molecule is C=N/C(=C\N=CC)C(=O)Nc1cc(OCC)cc2cccnc12. The molecule has 1 heterocycles. The average molecular weight is 310 g/mol. The van der Waals surface area contributed by atoms with Crippen LogP contribution >= 0.6 is 0 Å². The topological polar surface area (TPSA) is 75.9 Å². The molecule has 2 aromatic rings. The molecule has 0 unspecified atom stereocenters. The van der Waals surface area contributed by atoms with E-state index in [0.717, 1.165) is 5.39 Å². The Hall–Kier alpha value is -3.02. The fourth-order valence-corrected chi connectivity index (χ4v) is 2.01. The molecule has 1 aromatic heterocycles. The third-order valence-corrected chi connectivity index (χ3v) is 2.99. The minimum absolute atomic E-state index is 0.119. The third kappa shape index (κ3) is 4.00. The van der Waals surface area contributed by atoms with Crippen molar-refractivity contribution in [1.29, 1.82) is 0 Å². The second-order valence-corrected chi connectivity index (χ2v) is 4.51. The Morgan fingerprint density at radius 1 is 1.48 bits per heavy atom. The number of nitrogens with one attached hydrogen (secondary N) is 1. The summed E-state index contributed by atoms with van der Waals surface area (Å²) in [5, 5.41) is 3.66. The van der Waals surface area contributed by atoms with Crippen molar-refractivity contribution in [3.63, 3.8) is 0 Å². The van der Waals surface area contributed by atoms with Crippen LogP contribution in [0.4, 0.5) is 5.69 Å². The predicted molar refractivity (Wildman–Crippen MR) is 93.3 cm³/mol. The number of pyridine rings is 1. The van der Waals surface area contributed by atoms with Crippen molar-refractivity contribution in [2.24, 2.45) is 9.98 Å². The number of hydrogen-bond donors (Lipinski definition) is 1. The number of rotatable bonds is 6. The van der Waals surface area contributed by atoms with Crippen molar-refractivity contribution in [2.75, 3.05) is 11.9 Å². The lowest BCUT2D eigenvalue weighted by Crippen LogP contribution is -2.14. The number of hydrogen-bond acceptors (Lipinski definition) is 5. The number of nitrogens with zero attached hydrogens (tertiary/aromatic N) is 3. The Labute approximate surface area is 134 Å². The van der Waals surface area contributed by atoms with Crippen LogP contribution in [0.1, 0.15) is 13.8 Å².